The first-order chi connectivity index (χ1) is 32.9. The van der Waals surface area contributed by atoms with Gasteiger partial charge in [-0.25, -0.2) is 0 Å². The van der Waals surface area contributed by atoms with Crippen LogP contribution in [-0.4, -0.2) is 6.71 Å². The van der Waals surface area contributed by atoms with Gasteiger partial charge in [-0.05, 0) is 290 Å². The second-order valence-corrected chi connectivity index (χ2v) is 27.8. The molecule has 12 aliphatic carbocycles. The van der Waals surface area contributed by atoms with E-state index in [1.807, 2.05) is 0 Å². The standard InChI is InChI=1S/C65H73BN2/c1-39-17-59-61-60(18-39)68(54-13-7-50(8-14-54)64-33-43-22-44(34-64)24-45(23-43)35-64)58-16-10-52(65-36-46-25-47(37-65)27-48(26-46)38-65)29-56(58)66(61)55-28-51(62(2,3)4)9-15-57(55)67(59)53-11-5-49(6-12-53)63-30-40-19-41(31-63)21-42(20-40)32-63/h5-18,28-29,40-48H,19-27,30-38H2,1-4H3. The van der Waals surface area contributed by atoms with E-state index in [0.717, 1.165) is 53.3 Å². The van der Waals surface area contributed by atoms with Gasteiger partial charge in [0.15, 0.2) is 0 Å². The highest BCUT2D eigenvalue weighted by molar-refractivity contribution is 7.00. The van der Waals surface area contributed by atoms with Crippen LogP contribution < -0.4 is 26.2 Å². The van der Waals surface area contributed by atoms with Crippen LogP contribution >= 0.6 is 0 Å². The molecule has 0 atom stereocenters. The van der Waals surface area contributed by atoms with Gasteiger partial charge in [-0.3, -0.25) is 0 Å². The monoisotopic (exact) mass is 893 g/mol. The highest BCUT2D eigenvalue weighted by Crippen LogP contribution is 2.64. The molecule has 12 bridgehead atoms. The Bertz CT molecular complexity index is 2790. The predicted molar refractivity (Wildman–Crippen MR) is 283 cm³/mol. The Labute approximate surface area is 408 Å². The SMILES string of the molecule is Cc1cc2c3c(c1)N(c1ccc(C45CC6CC(CC(C6)C4)C5)cc1)c1ccc(C45CC6CC(CC(C6)C4)C5)cc1B3c1cc(C(C)(C)C)ccc1N2c1ccc(C23CC4CC(CC(C4)C2)C3)cc1. The number of hydrogen-bond donors (Lipinski definition) is 0. The lowest BCUT2D eigenvalue weighted by molar-refractivity contribution is -0.00530. The van der Waals surface area contributed by atoms with Crippen LogP contribution in [0.4, 0.5) is 34.1 Å². The number of aryl methyl sites for hydroxylation is 1. The summed E-state index contributed by atoms with van der Waals surface area (Å²) >= 11 is 0. The normalized spacial score (nSPS) is 37.2. The summed E-state index contributed by atoms with van der Waals surface area (Å²) in [5.41, 5.74) is 21.5. The van der Waals surface area contributed by atoms with Gasteiger partial charge in [0.25, 0.3) is 6.71 Å². The van der Waals surface area contributed by atoms with Gasteiger partial charge >= 0.3 is 0 Å². The zero-order chi connectivity index (χ0) is 45.1. The molecule has 2 aliphatic heterocycles. The smallest absolute Gasteiger partial charge is 0.252 e. The molecule has 0 N–H and O–H groups in total. The Morgan fingerprint density at radius 1 is 0.397 bits per heavy atom. The minimum absolute atomic E-state index is 0.0404. The van der Waals surface area contributed by atoms with E-state index in [4.69, 9.17) is 0 Å². The van der Waals surface area contributed by atoms with E-state index in [2.05, 4.69) is 135 Å². The lowest BCUT2D eigenvalue weighted by atomic mass is 9.33. The fraction of sp³-hybridized carbons (Fsp3) is 0.538. The lowest BCUT2D eigenvalue weighted by Gasteiger charge is -2.57. The molecule has 0 unspecified atom stereocenters. The zero-order valence-corrected chi connectivity index (χ0v) is 41.6. The summed E-state index contributed by atoms with van der Waals surface area (Å²) in [7, 11) is 0. The summed E-state index contributed by atoms with van der Waals surface area (Å²) < 4.78 is 0. The Balaban J connectivity index is 0.883. The highest BCUT2D eigenvalue weighted by atomic mass is 15.2. The summed E-state index contributed by atoms with van der Waals surface area (Å²) in [5, 5.41) is 0. The number of benzene rings is 5. The fourth-order valence-electron chi connectivity index (χ4n) is 20.8. The molecule has 0 spiro atoms. The molecule has 0 amide bonds. The first-order valence-electron chi connectivity index (χ1n) is 28.2. The topological polar surface area (TPSA) is 6.48 Å². The van der Waals surface area contributed by atoms with Gasteiger partial charge in [-0.1, -0.05) is 69.3 Å². The number of anilines is 6. The van der Waals surface area contributed by atoms with Crippen molar-refractivity contribution in [3.8, 4) is 0 Å². The van der Waals surface area contributed by atoms with Crippen molar-refractivity contribution in [3.05, 3.63) is 125 Å². The van der Waals surface area contributed by atoms with E-state index in [-0.39, 0.29) is 12.1 Å². The molecule has 68 heavy (non-hydrogen) atoms. The summed E-state index contributed by atoms with van der Waals surface area (Å²) in [6.45, 7) is 9.76. The molecule has 3 heteroatoms. The van der Waals surface area contributed by atoms with Gasteiger partial charge < -0.3 is 9.80 Å². The van der Waals surface area contributed by atoms with Crippen LogP contribution in [-0.2, 0) is 21.7 Å². The quantitative estimate of drug-likeness (QED) is 0.159. The molecule has 14 aliphatic rings. The number of fused-ring (bicyclic) bond motifs is 4. The fourth-order valence-corrected chi connectivity index (χ4v) is 20.8. The van der Waals surface area contributed by atoms with Gasteiger partial charge in [0.05, 0.1) is 0 Å². The Hall–Kier alpha value is -4.24. The van der Waals surface area contributed by atoms with Crippen LogP contribution in [0, 0.1) is 60.2 Å². The average Bonchev–Trinajstić information content (AvgIpc) is 3.29. The molecule has 5 aromatic carbocycles. The third-order valence-electron chi connectivity index (χ3n) is 22.3. The van der Waals surface area contributed by atoms with E-state index in [9.17, 15) is 0 Å². The van der Waals surface area contributed by atoms with E-state index >= 15 is 0 Å². The predicted octanol–water partition coefficient (Wildman–Crippen LogP) is 14.8. The largest absolute Gasteiger partial charge is 0.311 e. The van der Waals surface area contributed by atoms with Crippen LogP contribution in [0.25, 0.3) is 0 Å². The molecule has 0 saturated heterocycles. The van der Waals surface area contributed by atoms with Crippen LogP contribution in [0.2, 0.25) is 0 Å². The Morgan fingerprint density at radius 3 is 1.12 bits per heavy atom. The molecule has 19 rings (SSSR count). The van der Waals surface area contributed by atoms with Crippen molar-refractivity contribution in [2.75, 3.05) is 9.80 Å². The van der Waals surface area contributed by atoms with Crippen molar-refractivity contribution in [2.45, 2.75) is 165 Å². The van der Waals surface area contributed by atoms with Crippen molar-refractivity contribution >= 4 is 57.2 Å². The van der Waals surface area contributed by atoms with Crippen molar-refractivity contribution in [3.63, 3.8) is 0 Å². The number of nitrogens with zero attached hydrogens (tertiary/aromatic N) is 2. The highest BCUT2D eigenvalue weighted by Gasteiger charge is 2.55. The van der Waals surface area contributed by atoms with Gasteiger partial charge in [-0.2, -0.15) is 0 Å². The summed E-state index contributed by atoms with van der Waals surface area (Å²) in [6.07, 6.45) is 26.1. The molecule has 2 heterocycles. The minimum Gasteiger partial charge on any atom is -0.311 e. The Kier molecular flexibility index (Phi) is 8.21. The molecule has 0 aromatic heterocycles. The van der Waals surface area contributed by atoms with Crippen molar-refractivity contribution in [1.82, 2.24) is 0 Å². The van der Waals surface area contributed by atoms with Gasteiger partial charge in [0.2, 0.25) is 0 Å². The van der Waals surface area contributed by atoms with E-state index in [1.54, 1.807) is 16.7 Å². The second-order valence-electron chi connectivity index (χ2n) is 27.8. The average molecular weight is 893 g/mol. The van der Waals surface area contributed by atoms with Gasteiger partial charge in [0.1, 0.15) is 0 Å². The number of hydrogen-bond acceptors (Lipinski definition) is 2. The van der Waals surface area contributed by atoms with Crippen molar-refractivity contribution in [2.24, 2.45) is 53.3 Å². The van der Waals surface area contributed by atoms with Crippen LogP contribution in [0.1, 0.15) is 164 Å². The molecule has 2 nitrogen and oxygen atoms in total. The van der Waals surface area contributed by atoms with E-state index < -0.39 is 0 Å². The lowest BCUT2D eigenvalue weighted by Crippen LogP contribution is -2.62. The van der Waals surface area contributed by atoms with Crippen LogP contribution in [0.15, 0.2) is 97.1 Å². The van der Waals surface area contributed by atoms with E-state index in [0.29, 0.717) is 16.2 Å². The number of rotatable bonds is 5. The molecule has 5 aromatic rings. The van der Waals surface area contributed by atoms with Crippen molar-refractivity contribution < 1.29 is 0 Å². The third-order valence-corrected chi connectivity index (χ3v) is 22.3. The molecule has 0 radical (unpaired) electrons. The summed E-state index contributed by atoms with van der Waals surface area (Å²) in [5.74, 6) is 8.46. The molecular weight excluding hydrogens is 820 g/mol. The zero-order valence-electron chi connectivity index (χ0n) is 41.6. The summed E-state index contributed by atoms with van der Waals surface area (Å²) in [4.78, 5) is 5.44. The van der Waals surface area contributed by atoms with Crippen molar-refractivity contribution in [1.29, 1.82) is 0 Å². The van der Waals surface area contributed by atoms with E-state index in [1.165, 1.54) is 177 Å². The van der Waals surface area contributed by atoms with Crippen LogP contribution in [0.5, 0.6) is 0 Å². The minimum atomic E-state index is 0.0404. The van der Waals surface area contributed by atoms with Gasteiger partial charge in [-0.15, -0.1) is 0 Å². The molecule has 346 valence electrons. The third kappa shape index (κ3) is 5.77. The summed E-state index contributed by atoms with van der Waals surface area (Å²) in [6, 6.07) is 41.4. The van der Waals surface area contributed by atoms with Crippen LogP contribution in [0.3, 0.4) is 0 Å². The maximum Gasteiger partial charge on any atom is 0.252 e. The molecule has 12 saturated carbocycles. The second kappa shape index (κ2) is 13.8. The maximum absolute atomic E-state index is 2.81. The Morgan fingerprint density at radius 2 is 0.735 bits per heavy atom. The van der Waals surface area contributed by atoms with Gasteiger partial charge in [0, 0.05) is 34.1 Å². The molecule has 12 fully saturated rings. The molecular formula is C65H73BN2. The maximum atomic E-state index is 2.81. The first-order valence-corrected chi connectivity index (χ1v) is 28.2. The first kappa shape index (κ1) is 40.5.